The maximum Gasteiger partial charge on any atom is 0.162 e. The second-order valence-corrected chi connectivity index (χ2v) is 7.44. The minimum Gasteiger partial charge on any atom is -0.378 e. The highest BCUT2D eigenvalue weighted by Gasteiger charge is 2.41. The third-order valence-electron chi connectivity index (χ3n) is 4.98. The molecule has 0 aliphatic carbocycles. The molecule has 0 bridgehead atoms. The number of para-hydroxylation sites is 1. The summed E-state index contributed by atoms with van der Waals surface area (Å²) in [6, 6.07) is 10.3. The van der Waals surface area contributed by atoms with E-state index in [9.17, 15) is 0 Å². The van der Waals surface area contributed by atoms with Crippen molar-refractivity contribution in [2.45, 2.75) is 12.0 Å². The molecule has 5 nitrogen and oxygen atoms in total. The smallest absolute Gasteiger partial charge is 0.162 e. The van der Waals surface area contributed by atoms with Crippen LogP contribution in [0.1, 0.15) is 6.42 Å². The van der Waals surface area contributed by atoms with E-state index >= 15 is 0 Å². The van der Waals surface area contributed by atoms with Crippen LogP contribution in [0.5, 0.6) is 0 Å². The van der Waals surface area contributed by atoms with E-state index in [4.69, 9.17) is 19.4 Å². The van der Waals surface area contributed by atoms with Gasteiger partial charge in [-0.2, -0.15) is 11.3 Å². The normalized spacial score (nSPS) is 23.6. The summed E-state index contributed by atoms with van der Waals surface area (Å²) in [5.74, 6) is 1.79. The van der Waals surface area contributed by atoms with E-state index in [1.54, 1.807) is 11.3 Å². The number of ether oxygens (including phenoxy) is 2. The van der Waals surface area contributed by atoms with Gasteiger partial charge in [0.15, 0.2) is 5.82 Å². The highest BCUT2D eigenvalue weighted by Crippen LogP contribution is 2.33. The zero-order valence-corrected chi connectivity index (χ0v) is 14.7. The van der Waals surface area contributed by atoms with Gasteiger partial charge in [-0.05, 0) is 23.6 Å². The molecule has 0 N–H and O–H groups in total. The van der Waals surface area contributed by atoms with Crippen LogP contribution in [0.25, 0.3) is 22.3 Å². The van der Waals surface area contributed by atoms with E-state index in [-0.39, 0.29) is 5.60 Å². The van der Waals surface area contributed by atoms with Crippen LogP contribution < -0.4 is 4.90 Å². The number of morpholine rings is 1. The minimum atomic E-state index is -0.188. The first kappa shape index (κ1) is 15.3. The van der Waals surface area contributed by atoms with E-state index in [0.717, 1.165) is 54.2 Å². The quantitative estimate of drug-likeness (QED) is 0.707. The van der Waals surface area contributed by atoms with Gasteiger partial charge in [0.2, 0.25) is 0 Å². The fourth-order valence-electron chi connectivity index (χ4n) is 3.67. The molecule has 2 aliphatic rings. The Morgan fingerprint density at radius 3 is 2.92 bits per heavy atom. The lowest BCUT2D eigenvalue weighted by Crippen LogP contribution is -2.52. The Morgan fingerprint density at radius 1 is 1.12 bits per heavy atom. The van der Waals surface area contributed by atoms with Gasteiger partial charge in [0.1, 0.15) is 11.4 Å². The molecule has 5 rings (SSSR count). The molecule has 1 aromatic carbocycles. The van der Waals surface area contributed by atoms with Crippen molar-refractivity contribution in [2.75, 3.05) is 37.8 Å². The van der Waals surface area contributed by atoms with Gasteiger partial charge in [-0.3, -0.25) is 0 Å². The van der Waals surface area contributed by atoms with Crippen LogP contribution in [0, 0.1) is 0 Å². The summed E-state index contributed by atoms with van der Waals surface area (Å²) in [7, 11) is 0. The number of nitrogens with zero attached hydrogens (tertiary/aromatic N) is 3. The Labute approximate surface area is 150 Å². The van der Waals surface area contributed by atoms with Crippen molar-refractivity contribution in [1.82, 2.24) is 9.97 Å². The number of hydrogen-bond donors (Lipinski definition) is 0. The molecule has 4 heterocycles. The van der Waals surface area contributed by atoms with E-state index < -0.39 is 0 Å². The third kappa shape index (κ3) is 2.70. The fraction of sp³-hybridized carbons (Fsp3) is 0.368. The van der Waals surface area contributed by atoms with Crippen LogP contribution in [-0.2, 0) is 9.47 Å². The molecule has 0 saturated carbocycles. The zero-order valence-electron chi connectivity index (χ0n) is 13.9. The number of thiophene rings is 1. The Kier molecular flexibility index (Phi) is 3.69. The molecule has 6 heteroatoms. The van der Waals surface area contributed by atoms with Crippen molar-refractivity contribution in [3.63, 3.8) is 0 Å². The third-order valence-corrected chi connectivity index (χ3v) is 5.66. The van der Waals surface area contributed by atoms with Crippen LogP contribution in [0.3, 0.4) is 0 Å². The molecule has 2 aliphatic heterocycles. The summed E-state index contributed by atoms with van der Waals surface area (Å²) in [5, 5.41) is 5.25. The lowest BCUT2D eigenvalue weighted by molar-refractivity contribution is -0.0580. The fourth-order valence-corrected chi connectivity index (χ4v) is 4.31. The van der Waals surface area contributed by atoms with Gasteiger partial charge in [-0.15, -0.1) is 0 Å². The number of benzene rings is 1. The molecule has 128 valence electrons. The Balaban J connectivity index is 1.61. The van der Waals surface area contributed by atoms with E-state index in [0.29, 0.717) is 13.2 Å². The number of aromatic nitrogens is 2. The molecule has 0 amide bonds. The molecule has 2 aromatic heterocycles. The van der Waals surface area contributed by atoms with Gasteiger partial charge in [0, 0.05) is 35.9 Å². The number of fused-ring (bicyclic) bond motifs is 1. The Hall–Kier alpha value is -2.02. The van der Waals surface area contributed by atoms with E-state index in [1.165, 1.54) is 0 Å². The number of anilines is 1. The van der Waals surface area contributed by atoms with Crippen molar-refractivity contribution in [3.8, 4) is 11.4 Å². The Morgan fingerprint density at radius 2 is 2.08 bits per heavy atom. The largest absolute Gasteiger partial charge is 0.378 e. The molecule has 2 fully saturated rings. The molecule has 3 aromatic rings. The number of rotatable bonds is 2. The standard InChI is InChI=1S/C19H19N3O2S/c1-2-4-16-15(3-1)18(21-17(20-16)14-5-10-25-11-14)22-7-9-24-19(12-22)6-8-23-13-19/h1-5,10-11H,6-9,12-13H2. The van der Waals surface area contributed by atoms with E-state index in [2.05, 4.69) is 33.9 Å². The summed E-state index contributed by atoms with van der Waals surface area (Å²) in [4.78, 5) is 12.1. The summed E-state index contributed by atoms with van der Waals surface area (Å²) < 4.78 is 11.7. The van der Waals surface area contributed by atoms with Gasteiger partial charge in [-0.25, -0.2) is 9.97 Å². The summed E-state index contributed by atoms with van der Waals surface area (Å²) in [6.45, 7) is 3.81. The Bertz CT molecular complexity index is 891. The molecule has 1 unspecified atom stereocenters. The molecular weight excluding hydrogens is 334 g/mol. The van der Waals surface area contributed by atoms with Gasteiger partial charge < -0.3 is 14.4 Å². The van der Waals surface area contributed by atoms with Crippen LogP contribution >= 0.6 is 11.3 Å². The van der Waals surface area contributed by atoms with E-state index in [1.807, 2.05) is 12.1 Å². The molecule has 1 atom stereocenters. The molecule has 2 saturated heterocycles. The lowest BCUT2D eigenvalue weighted by atomic mass is 10.0. The number of hydrogen-bond acceptors (Lipinski definition) is 6. The summed E-state index contributed by atoms with van der Waals surface area (Å²) in [6.07, 6.45) is 0.948. The second-order valence-electron chi connectivity index (χ2n) is 6.66. The van der Waals surface area contributed by atoms with Gasteiger partial charge in [-0.1, -0.05) is 12.1 Å². The van der Waals surface area contributed by atoms with Crippen LogP contribution in [0.15, 0.2) is 41.1 Å². The average molecular weight is 353 g/mol. The molecular formula is C19H19N3O2S. The van der Waals surface area contributed by atoms with Crippen molar-refractivity contribution in [1.29, 1.82) is 0 Å². The SMILES string of the molecule is c1ccc2c(N3CCOC4(CCOC4)C3)nc(-c3ccsc3)nc2c1. The van der Waals surface area contributed by atoms with Crippen LogP contribution in [0.2, 0.25) is 0 Å². The van der Waals surface area contributed by atoms with Crippen LogP contribution in [-0.4, -0.2) is 48.5 Å². The van der Waals surface area contributed by atoms with Crippen molar-refractivity contribution >= 4 is 28.1 Å². The summed E-state index contributed by atoms with van der Waals surface area (Å²) in [5.41, 5.74) is 1.87. The van der Waals surface area contributed by atoms with Gasteiger partial charge >= 0.3 is 0 Å². The minimum absolute atomic E-state index is 0.188. The van der Waals surface area contributed by atoms with Crippen LogP contribution in [0.4, 0.5) is 5.82 Å². The molecule has 1 spiro atoms. The van der Waals surface area contributed by atoms with Gasteiger partial charge in [0.05, 0.1) is 25.3 Å². The summed E-state index contributed by atoms with van der Waals surface area (Å²) >= 11 is 1.67. The molecule has 25 heavy (non-hydrogen) atoms. The topological polar surface area (TPSA) is 47.5 Å². The first-order valence-electron chi connectivity index (χ1n) is 8.59. The van der Waals surface area contributed by atoms with Gasteiger partial charge in [0.25, 0.3) is 0 Å². The lowest BCUT2D eigenvalue weighted by Gasteiger charge is -2.40. The second kappa shape index (κ2) is 6.05. The maximum absolute atomic E-state index is 6.08. The van der Waals surface area contributed by atoms with Crippen molar-refractivity contribution in [3.05, 3.63) is 41.1 Å². The average Bonchev–Trinajstić information content (AvgIpc) is 3.33. The highest BCUT2D eigenvalue weighted by atomic mass is 32.1. The monoisotopic (exact) mass is 353 g/mol. The van der Waals surface area contributed by atoms with Crippen molar-refractivity contribution < 1.29 is 9.47 Å². The highest BCUT2D eigenvalue weighted by molar-refractivity contribution is 7.08. The maximum atomic E-state index is 6.08. The first-order valence-corrected chi connectivity index (χ1v) is 9.53. The van der Waals surface area contributed by atoms with Crippen molar-refractivity contribution in [2.24, 2.45) is 0 Å². The zero-order chi connectivity index (χ0) is 16.7. The molecule has 0 radical (unpaired) electrons. The predicted octanol–water partition coefficient (Wildman–Crippen LogP) is 3.35. The first-order chi connectivity index (χ1) is 12.3. The predicted molar refractivity (Wildman–Crippen MR) is 99.2 cm³/mol.